The van der Waals surface area contributed by atoms with Crippen LogP contribution in [0.3, 0.4) is 0 Å². The molecule has 1 fully saturated rings. The van der Waals surface area contributed by atoms with Crippen molar-refractivity contribution in [2.24, 2.45) is 5.92 Å². The Hall–Kier alpha value is -1.38. The normalized spacial score (nSPS) is 27.6. The number of aliphatic hydroxyl groups is 1. The van der Waals surface area contributed by atoms with Gasteiger partial charge in [0.1, 0.15) is 0 Å². The van der Waals surface area contributed by atoms with E-state index in [9.17, 15) is 5.11 Å². The molecule has 2 aromatic carbocycles. The molecule has 2 unspecified atom stereocenters. The number of fused-ring (bicyclic) bond motifs is 1. The second kappa shape index (κ2) is 4.95. The van der Waals surface area contributed by atoms with Gasteiger partial charge in [0.15, 0.2) is 0 Å². The number of benzene rings is 2. The van der Waals surface area contributed by atoms with Crippen molar-refractivity contribution < 1.29 is 5.11 Å². The maximum Gasteiger partial charge on any atom is 0.0948 e. The van der Waals surface area contributed by atoms with Crippen molar-refractivity contribution >= 4 is 10.8 Å². The van der Waals surface area contributed by atoms with Crippen molar-refractivity contribution in [1.29, 1.82) is 0 Å². The first-order valence-electron chi connectivity index (χ1n) is 7.16. The molecule has 0 amide bonds. The van der Waals surface area contributed by atoms with Crippen LogP contribution in [-0.2, 0) is 5.60 Å². The highest BCUT2D eigenvalue weighted by atomic mass is 16.3. The molecule has 100 valence electrons. The minimum absolute atomic E-state index is 0.294. The fourth-order valence-electron chi connectivity index (χ4n) is 3.25. The van der Waals surface area contributed by atoms with E-state index < -0.39 is 5.60 Å². The van der Waals surface area contributed by atoms with Gasteiger partial charge in [-0.25, -0.2) is 0 Å². The van der Waals surface area contributed by atoms with Gasteiger partial charge in [0.25, 0.3) is 0 Å². The van der Waals surface area contributed by atoms with E-state index in [-0.39, 0.29) is 0 Å². The Morgan fingerprint density at radius 2 is 2.00 bits per heavy atom. The third-order valence-electron chi connectivity index (χ3n) is 4.49. The van der Waals surface area contributed by atoms with Gasteiger partial charge in [0, 0.05) is 12.5 Å². The molecular formula is C17H21NO. The van der Waals surface area contributed by atoms with Gasteiger partial charge in [-0.05, 0) is 41.8 Å². The largest absolute Gasteiger partial charge is 0.385 e. The van der Waals surface area contributed by atoms with Crippen molar-refractivity contribution in [3.05, 3.63) is 48.0 Å². The summed E-state index contributed by atoms with van der Waals surface area (Å²) in [4.78, 5) is 0. The summed E-state index contributed by atoms with van der Waals surface area (Å²) < 4.78 is 0. The standard InChI is InChI=1S/C17H21NO/c1-2-15-12-18-10-9-17(15,19)16-8-7-13-5-3-4-6-14(13)11-16/h3-8,11,15,18-19H,2,9-10,12H2,1H3. The van der Waals surface area contributed by atoms with E-state index in [1.165, 1.54) is 10.8 Å². The molecule has 2 N–H and O–H groups in total. The van der Waals surface area contributed by atoms with E-state index in [2.05, 4.69) is 54.7 Å². The highest BCUT2D eigenvalue weighted by Gasteiger charge is 2.39. The Labute approximate surface area is 114 Å². The predicted molar refractivity (Wildman–Crippen MR) is 79.1 cm³/mol. The van der Waals surface area contributed by atoms with Crippen LogP contribution in [0.5, 0.6) is 0 Å². The first-order chi connectivity index (χ1) is 9.24. The summed E-state index contributed by atoms with van der Waals surface area (Å²) in [5.41, 5.74) is 0.392. The summed E-state index contributed by atoms with van der Waals surface area (Å²) in [6.45, 7) is 3.95. The van der Waals surface area contributed by atoms with Crippen LogP contribution in [0, 0.1) is 5.92 Å². The lowest BCUT2D eigenvalue weighted by Crippen LogP contribution is -2.47. The molecule has 0 spiro atoms. The molecule has 3 rings (SSSR count). The summed E-state index contributed by atoms with van der Waals surface area (Å²) in [5.74, 6) is 0.294. The van der Waals surface area contributed by atoms with Gasteiger partial charge in [-0.3, -0.25) is 0 Å². The zero-order valence-corrected chi connectivity index (χ0v) is 11.4. The van der Waals surface area contributed by atoms with Crippen molar-refractivity contribution in [1.82, 2.24) is 5.32 Å². The molecule has 1 aliphatic rings. The Kier molecular flexibility index (Phi) is 3.29. The smallest absolute Gasteiger partial charge is 0.0948 e. The lowest BCUT2D eigenvalue weighted by molar-refractivity contribution is -0.0477. The molecule has 0 saturated carbocycles. The molecule has 0 radical (unpaired) electrons. The summed E-state index contributed by atoms with van der Waals surface area (Å²) in [7, 11) is 0. The maximum absolute atomic E-state index is 11.1. The van der Waals surface area contributed by atoms with Crippen LogP contribution in [0.25, 0.3) is 10.8 Å². The van der Waals surface area contributed by atoms with E-state index in [4.69, 9.17) is 0 Å². The van der Waals surface area contributed by atoms with E-state index in [0.29, 0.717) is 5.92 Å². The minimum atomic E-state index is -0.677. The molecule has 0 aliphatic carbocycles. The van der Waals surface area contributed by atoms with Crippen LogP contribution < -0.4 is 5.32 Å². The number of nitrogens with one attached hydrogen (secondary N) is 1. The maximum atomic E-state index is 11.1. The van der Waals surface area contributed by atoms with E-state index in [0.717, 1.165) is 31.5 Å². The fourth-order valence-corrected chi connectivity index (χ4v) is 3.25. The first kappa shape index (κ1) is 12.6. The third kappa shape index (κ3) is 2.15. The topological polar surface area (TPSA) is 32.3 Å². The van der Waals surface area contributed by atoms with Gasteiger partial charge in [-0.1, -0.05) is 43.3 Å². The van der Waals surface area contributed by atoms with E-state index >= 15 is 0 Å². The predicted octanol–water partition coefficient (Wildman–Crippen LogP) is 3.05. The van der Waals surface area contributed by atoms with Gasteiger partial charge in [0.2, 0.25) is 0 Å². The highest BCUT2D eigenvalue weighted by molar-refractivity contribution is 5.83. The van der Waals surface area contributed by atoms with Gasteiger partial charge >= 0.3 is 0 Å². The zero-order valence-electron chi connectivity index (χ0n) is 11.4. The molecule has 19 heavy (non-hydrogen) atoms. The molecular weight excluding hydrogens is 234 g/mol. The number of hydrogen-bond acceptors (Lipinski definition) is 2. The average Bonchev–Trinajstić information content (AvgIpc) is 2.47. The van der Waals surface area contributed by atoms with Crippen LogP contribution in [0.15, 0.2) is 42.5 Å². The van der Waals surface area contributed by atoms with Crippen molar-refractivity contribution in [3.63, 3.8) is 0 Å². The minimum Gasteiger partial charge on any atom is -0.385 e. The van der Waals surface area contributed by atoms with Crippen LogP contribution in [0.2, 0.25) is 0 Å². The lowest BCUT2D eigenvalue weighted by Gasteiger charge is -2.40. The summed E-state index contributed by atoms with van der Waals surface area (Å²) in [5, 5.41) is 17.0. The molecule has 2 heteroatoms. The zero-order chi connectivity index (χ0) is 13.3. The highest BCUT2D eigenvalue weighted by Crippen LogP contribution is 2.37. The molecule has 1 aliphatic heterocycles. The Morgan fingerprint density at radius 1 is 1.21 bits per heavy atom. The molecule has 0 bridgehead atoms. The number of hydrogen-bond donors (Lipinski definition) is 2. The van der Waals surface area contributed by atoms with Gasteiger partial charge in [-0.2, -0.15) is 0 Å². The van der Waals surface area contributed by atoms with Crippen LogP contribution in [0.4, 0.5) is 0 Å². The molecule has 1 heterocycles. The fraction of sp³-hybridized carbons (Fsp3) is 0.412. The van der Waals surface area contributed by atoms with E-state index in [1.807, 2.05) is 0 Å². The third-order valence-corrected chi connectivity index (χ3v) is 4.49. The Balaban J connectivity index is 2.06. The molecule has 2 aromatic rings. The monoisotopic (exact) mass is 255 g/mol. The SMILES string of the molecule is CCC1CNCCC1(O)c1ccc2ccccc2c1. The quantitative estimate of drug-likeness (QED) is 0.864. The Bertz CT molecular complexity index is 580. The van der Waals surface area contributed by atoms with Crippen molar-refractivity contribution in [3.8, 4) is 0 Å². The summed E-state index contributed by atoms with van der Waals surface area (Å²) in [6, 6.07) is 14.7. The van der Waals surface area contributed by atoms with Gasteiger partial charge in [-0.15, -0.1) is 0 Å². The lowest BCUT2D eigenvalue weighted by atomic mass is 9.75. The average molecular weight is 255 g/mol. The van der Waals surface area contributed by atoms with Gasteiger partial charge < -0.3 is 10.4 Å². The Morgan fingerprint density at radius 3 is 2.79 bits per heavy atom. The summed E-state index contributed by atoms with van der Waals surface area (Å²) in [6.07, 6.45) is 1.79. The van der Waals surface area contributed by atoms with Crippen molar-refractivity contribution in [2.45, 2.75) is 25.4 Å². The summed E-state index contributed by atoms with van der Waals surface area (Å²) >= 11 is 0. The number of piperidine rings is 1. The van der Waals surface area contributed by atoms with Crippen LogP contribution >= 0.6 is 0 Å². The van der Waals surface area contributed by atoms with Gasteiger partial charge in [0.05, 0.1) is 5.60 Å². The molecule has 0 aromatic heterocycles. The van der Waals surface area contributed by atoms with Crippen molar-refractivity contribution in [2.75, 3.05) is 13.1 Å². The molecule has 2 atom stereocenters. The second-order valence-electron chi connectivity index (χ2n) is 5.55. The van der Waals surface area contributed by atoms with Crippen LogP contribution in [0.1, 0.15) is 25.3 Å². The van der Waals surface area contributed by atoms with E-state index in [1.54, 1.807) is 0 Å². The first-order valence-corrected chi connectivity index (χ1v) is 7.16. The molecule has 1 saturated heterocycles. The second-order valence-corrected chi connectivity index (χ2v) is 5.55. The van der Waals surface area contributed by atoms with Crippen LogP contribution in [-0.4, -0.2) is 18.2 Å². The number of rotatable bonds is 2. The molecule has 2 nitrogen and oxygen atoms in total.